The van der Waals surface area contributed by atoms with E-state index in [0.717, 1.165) is 12.1 Å². The highest BCUT2D eigenvalue weighted by atomic mass is 35.7. The smallest absolute Gasteiger partial charge is 0.417 e. The SMILES string of the molecule is Cc1cc(S(=O)(=O)Cl)ccc1Oc1ccc(C(F)(F)F)cn1. The van der Waals surface area contributed by atoms with Crippen LogP contribution in [0.3, 0.4) is 0 Å². The Morgan fingerprint density at radius 2 is 1.86 bits per heavy atom. The molecule has 0 unspecified atom stereocenters. The molecular formula is C13H9ClF3NO3S. The molecule has 0 aliphatic heterocycles. The number of hydrogen-bond donors (Lipinski definition) is 0. The zero-order valence-corrected chi connectivity index (χ0v) is 12.6. The Morgan fingerprint density at radius 3 is 2.32 bits per heavy atom. The van der Waals surface area contributed by atoms with Crippen LogP contribution >= 0.6 is 10.7 Å². The van der Waals surface area contributed by atoms with E-state index in [9.17, 15) is 21.6 Å². The van der Waals surface area contributed by atoms with Gasteiger partial charge in [0.2, 0.25) is 5.88 Å². The predicted octanol–water partition coefficient (Wildman–Crippen LogP) is 4.13. The van der Waals surface area contributed by atoms with Crippen molar-refractivity contribution in [3.63, 3.8) is 0 Å². The number of ether oxygens (including phenoxy) is 1. The van der Waals surface area contributed by atoms with Crippen molar-refractivity contribution in [2.75, 3.05) is 0 Å². The lowest BCUT2D eigenvalue weighted by Crippen LogP contribution is -2.05. The molecule has 22 heavy (non-hydrogen) atoms. The third kappa shape index (κ3) is 3.89. The van der Waals surface area contributed by atoms with Gasteiger partial charge in [0.05, 0.1) is 10.5 Å². The van der Waals surface area contributed by atoms with Crippen LogP contribution in [0, 0.1) is 6.92 Å². The molecule has 1 aromatic carbocycles. The Labute approximate surface area is 128 Å². The van der Waals surface area contributed by atoms with Crippen LogP contribution in [0.1, 0.15) is 11.1 Å². The normalized spacial score (nSPS) is 12.2. The van der Waals surface area contributed by atoms with E-state index in [1.807, 2.05) is 0 Å². The summed E-state index contributed by atoms with van der Waals surface area (Å²) in [4.78, 5) is 3.47. The number of hydrogen-bond acceptors (Lipinski definition) is 4. The van der Waals surface area contributed by atoms with E-state index in [1.54, 1.807) is 6.92 Å². The van der Waals surface area contributed by atoms with E-state index in [-0.39, 0.29) is 16.5 Å². The lowest BCUT2D eigenvalue weighted by atomic mass is 10.2. The standard InChI is InChI=1S/C13H9ClF3NO3S/c1-8-6-10(22(14,19)20)3-4-11(8)21-12-5-2-9(7-18-12)13(15,16)17/h2-7H,1H3. The summed E-state index contributed by atoms with van der Waals surface area (Å²) in [6, 6.07) is 5.80. The lowest BCUT2D eigenvalue weighted by Gasteiger charge is -2.10. The molecule has 1 heterocycles. The topological polar surface area (TPSA) is 56.3 Å². The zero-order valence-electron chi connectivity index (χ0n) is 11.1. The molecule has 4 nitrogen and oxygen atoms in total. The Bertz CT molecular complexity index is 789. The molecule has 0 saturated carbocycles. The van der Waals surface area contributed by atoms with Crippen molar-refractivity contribution < 1.29 is 26.3 Å². The first kappa shape index (κ1) is 16.6. The Morgan fingerprint density at radius 1 is 1.18 bits per heavy atom. The average Bonchev–Trinajstić information content (AvgIpc) is 2.39. The first-order valence-corrected chi connectivity index (χ1v) is 8.15. The van der Waals surface area contributed by atoms with Gasteiger partial charge in [0.1, 0.15) is 5.75 Å². The highest BCUT2D eigenvalue weighted by Gasteiger charge is 2.30. The minimum atomic E-state index is -4.47. The molecule has 2 rings (SSSR count). The summed E-state index contributed by atoms with van der Waals surface area (Å²) in [5.74, 6) is 0.217. The maximum Gasteiger partial charge on any atom is 0.417 e. The number of alkyl halides is 3. The fourth-order valence-electron chi connectivity index (χ4n) is 1.61. The monoisotopic (exact) mass is 351 g/mol. The quantitative estimate of drug-likeness (QED) is 0.780. The summed E-state index contributed by atoms with van der Waals surface area (Å²) in [7, 11) is 1.35. The highest BCUT2D eigenvalue weighted by molar-refractivity contribution is 8.13. The predicted molar refractivity (Wildman–Crippen MR) is 73.5 cm³/mol. The van der Waals surface area contributed by atoms with Crippen molar-refractivity contribution in [1.29, 1.82) is 0 Å². The van der Waals surface area contributed by atoms with Gasteiger partial charge < -0.3 is 4.74 Å². The van der Waals surface area contributed by atoms with Crippen LogP contribution in [0.5, 0.6) is 11.6 Å². The number of pyridine rings is 1. The van der Waals surface area contributed by atoms with Crippen molar-refractivity contribution in [3.05, 3.63) is 47.7 Å². The third-order valence-electron chi connectivity index (χ3n) is 2.71. The molecule has 0 N–H and O–H groups in total. The number of nitrogens with zero attached hydrogens (tertiary/aromatic N) is 1. The Hall–Kier alpha value is -1.80. The van der Waals surface area contributed by atoms with Gasteiger partial charge in [-0.15, -0.1) is 0 Å². The third-order valence-corrected chi connectivity index (χ3v) is 4.06. The maximum absolute atomic E-state index is 12.4. The van der Waals surface area contributed by atoms with E-state index in [0.29, 0.717) is 11.8 Å². The molecule has 0 amide bonds. The van der Waals surface area contributed by atoms with Gasteiger partial charge in [0.25, 0.3) is 9.05 Å². The van der Waals surface area contributed by atoms with Gasteiger partial charge in [-0.3, -0.25) is 0 Å². The van der Waals surface area contributed by atoms with Crippen molar-refractivity contribution in [3.8, 4) is 11.6 Å². The number of aryl methyl sites for hydroxylation is 1. The molecule has 0 bridgehead atoms. The average molecular weight is 352 g/mol. The van der Waals surface area contributed by atoms with Crippen LogP contribution in [-0.4, -0.2) is 13.4 Å². The molecule has 2 aromatic rings. The lowest BCUT2D eigenvalue weighted by molar-refractivity contribution is -0.137. The molecule has 9 heteroatoms. The summed E-state index contributed by atoms with van der Waals surface area (Å²) in [6.07, 6.45) is -3.82. The summed E-state index contributed by atoms with van der Waals surface area (Å²) >= 11 is 0. The van der Waals surface area contributed by atoms with Gasteiger partial charge in [-0.2, -0.15) is 13.2 Å². The van der Waals surface area contributed by atoms with Gasteiger partial charge in [-0.1, -0.05) is 0 Å². The minimum absolute atomic E-state index is 0.0439. The zero-order chi connectivity index (χ0) is 16.5. The molecule has 0 saturated heterocycles. The van der Waals surface area contributed by atoms with E-state index in [4.69, 9.17) is 15.4 Å². The molecule has 0 spiro atoms. The van der Waals surface area contributed by atoms with Crippen molar-refractivity contribution >= 4 is 19.7 Å². The van der Waals surface area contributed by atoms with Crippen molar-refractivity contribution in [2.45, 2.75) is 18.0 Å². The molecule has 1 aromatic heterocycles. The van der Waals surface area contributed by atoms with Gasteiger partial charge in [0.15, 0.2) is 0 Å². The molecule has 0 radical (unpaired) electrons. The second-order valence-corrected chi connectivity index (χ2v) is 6.92. The van der Waals surface area contributed by atoms with Crippen LogP contribution in [0.15, 0.2) is 41.4 Å². The van der Waals surface area contributed by atoms with Gasteiger partial charge >= 0.3 is 6.18 Å². The van der Waals surface area contributed by atoms with Gasteiger partial charge in [-0.05, 0) is 36.8 Å². The molecule has 0 aliphatic rings. The maximum atomic E-state index is 12.4. The minimum Gasteiger partial charge on any atom is -0.439 e. The Balaban J connectivity index is 2.24. The van der Waals surface area contributed by atoms with Gasteiger partial charge in [0, 0.05) is 22.9 Å². The van der Waals surface area contributed by atoms with Crippen LogP contribution < -0.4 is 4.74 Å². The van der Waals surface area contributed by atoms with Crippen LogP contribution in [0.25, 0.3) is 0 Å². The van der Waals surface area contributed by atoms with E-state index >= 15 is 0 Å². The number of halogens is 4. The molecule has 0 aliphatic carbocycles. The second-order valence-electron chi connectivity index (χ2n) is 4.35. The van der Waals surface area contributed by atoms with Crippen LogP contribution in [-0.2, 0) is 15.2 Å². The largest absolute Gasteiger partial charge is 0.439 e. The number of aromatic nitrogens is 1. The molecule has 0 atom stereocenters. The second kappa shape index (κ2) is 5.77. The van der Waals surface area contributed by atoms with Crippen molar-refractivity contribution in [1.82, 2.24) is 4.98 Å². The highest BCUT2D eigenvalue weighted by Crippen LogP contribution is 2.31. The van der Waals surface area contributed by atoms with E-state index < -0.39 is 20.8 Å². The fourth-order valence-corrected chi connectivity index (χ4v) is 2.45. The fraction of sp³-hybridized carbons (Fsp3) is 0.154. The molecular weight excluding hydrogens is 343 g/mol. The number of benzene rings is 1. The summed E-state index contributed by atoms with van der Waals surface area (Å²) < 4.78 is 65.0. The first-order chi connectivity index (χ1) is 10.1. The molecule has 118 valence electrons. The Kier molecular flexibility index (Phi) is 4.35. The van der Waals surface area contributed by atoms with Crippen LogP contribution in [0.4, 0.5) is 13.2 Å². The summed E-state index contributed by atoms with van der Waals surface area (Å²) in [5.41, 5.74) is -0.441. The molecule has 0 fully saturated rings. The van der Waals surface area contributed by atoms with E-state index in [2.05, 4.69) is 4.98 Å². The van der Waals surface area contributed by atoms with E-state index in [1.165, 1.54) is 18.2 Å². The van der Waals surface area contributed by atoms with Crippen molar-refractivity contribution in [2.24, 2.45) is 0 Å². The number of rotatable bonds is 3. The first-order valence-electron chi connectivity index (χ1n) is 5.84. The summed E-state index contributed by atoms with van der Waals surface area (Å²) in [5, 5.41) is 0. The van der Waals surface area contributed by atoms with Crippen LogP contribution in [0.2, 0.25) is 0 Å². The van der Waals surface area contributed by atoms with Gasteiger partial charge in [-0.25, -0.2) is 13.4 Å². The summed E-state index contributed by atoms with van der Waals surface area (Å²) in [6.45, 7) is 1.57.